The van der Waals surface area contributed by atoms with Gasteiger partial charge in [0.1, 0.15) is 0 Å². The standard InChI is InChI=1S/C16H29N3O2/c1-16(2)12-13(5-11-21-16)19-8-3-4-14(19)15(20)18-9-6-17-7-10-18/h13-14,17H,3-12H2,1-2H3. The predicted molar refractivity (Wildman–Crippen MR) is 82.2 cm³/mol. The van der Waals surface area contributed by atoms with Gasteiger partial charge in [-0.05, 0) is 46.1 Å². The van der Waals surface area contributed by atoms with Gasteiger partial charge in [-0.15, -0.1) is 0 Å². The van der Waals surface area contributed by atoms with Crippen molar-refractivity contribution in [2.75, 3.05) is 39.3 Å². The smallest absolute Gasteiger partial charge is 0.240 e. The van der Waals surface area contributed by atoms with E-state index < -0.39 is 0 Å². The van der Waals surface area contributed by atoms with E-state index in [4.69, 9.17) is 4.74 Å². The molecule has 3 heterocycles. The molecule has 1 amide bonds. The van der Waals surface area contributed by atoms with Crippen molar-refractivity contribution in [2.24, 2.45) is 0 Å². The van der Waals surface area contributed by atoms with Gasteiger partial charge in [0.2, 0.25) is 5.91 Å². The van der Waals surface area contributed by atoms with Crippen LogP contribution in [0.1, 0.15) is 39.5 Å². The molecule has 2 atom stereocenters. The number of piperazine rings is 1. The van der Waals surface area contributed by atoms with E-state index >= 15 is 0 Å². The van der Waals surface area contributed by atoms with Gasteiger partial charge in [0.25, 0.3) is 0 Å². The first-order valence-corrected chi connectivity index (χ1v) is 8.46. The summed E-state index contributed by atoms with van der Waals surface area (Å²) in [4.78, 5) is 17.4. The molecule has 21 heavy (non-hydrogen) atoms. The van der Waals surface area contributed by atoms with Crippen LogP contribution >= 0.6 is 0 Å². The lowest BCUT2D eigenvalue weighted by molar-refractivity contribution is -0.140. The van der Waals surface area contributed by atoms with Gasteiger partial charge in [-0.1, -0.05) is 0 Å². The molecule has 120 valence electrons. The molecule has 3 aliphatic rings. The molecule has 1 N–H and O–H groups in total. The lowest BCUT2D eigenvalue weighted by Gasteiger charge is -2.42. The van der Waals surface area contributed by atoms with Crippen molar-refractivity contribution in [3.8, 4) is 0 Å². The van der Waals surface area contributed by atoms with Gasteiger partial charge in [-0.2, -0.15) is 0 Å². The first kappa shape index (κ1) is 15.3. The molecule has 5 heteroatoms. The van der Waals surface area contributed by atoms with E-state index in [1.54, 1.807) is 0 Å². The van der Waals surface area contributed by atoms with E-state index in [0.29, 0.717) is 11.9 Å². The van der Waals surface area contributed by atoms with E-state index in [1.165, 1.54) is 0 Å². The summed E-state index contributed by atoms with van der Waals surface area (Å²) in [5, 5.41) is 3.32. The summed E-state index contributed by atoms with van der Waals surface area (Å²) in [7, 11) is 0. The lowest BCUT2D eigenvalue weighted by atomic mass is 9.92. The average Bonchev–Trinajstić information content (AvgIpc) is 2.96. The molecule has 0 bridgehead atoms. The highest BCUT2D eigenvalue weighted by Gasteiger charge is 2.41. The molecular formula is C16H29N3O2. The third-order valence-electron chi connectivity index (χ3n) is 5.15. The van der Waals surface area contributed by atoms with Crippen LogP contribution in [-0.4, -0.2) is 72.7 Å². The average molecular weight is 295 g/mol. The molecular weight excluding hydrogens is 266 g/mol. The van der Waals surface area contributed by atoms with Gasteiger partial charge in [0.05, 0.1) is 11.6 Å². The Morgan fingerprint density at radius 2 is 1.95 bits per heavy atom. The van der Waals surface area contributed by atoms with Crippen molar-refractivity contribution in [2.45, 2.75) is 57.2 Å². The van der Waals surface area contributed by atoms with Gasteiger partial charge in [-0.3, -0.25) is 9.69 Å². The normalized spacial score (nSPS) is 34.1. The Bertz CT molecular complexity index is 380. The predicted octanol–water partition coefficient (Wildman–Crippen LogP) is 0.840. The van der Waals surface area contributed by atoms with Crippen molar-refractivity contribution in [1.82, 2.24) is 15.1 Å². The summed E-state index contributed by atoms with van der Waals surface area (Å²) in [5.74, 6) is 0.360. The maximum atomic E-state index is 12.8. The van der Waals surface area contributed by atoms with Crippen LogP contribution in [0.2, 0.25) is 0 Å². The fourth-order valence-electron chi connectivity index (χ4n) is 4.07. The Labute approximate surface area is 128 Å². The van der Waals surface area contributed by atoms with Crippen LogP contribution in [0.3, 0.4) is 0 Å². The number of hydrogen-bond acceptors (Lipinski definition) is 4. The first-order chi connectivity index (χ1) is 10.1. The molecule has 0 aromatic rings. The maximum absolute atomic E-state index is 12.8. The van der Waals surface area contributed by atoms with Crippen LogP contribution in [0.15, 0.2) is 0 Å². The van der Waals surface area contributed by atoms with E-state index in [-0.39, 0.29) is 11.6 Å². The number of rotatable bonds is 2. The zero-order valence-electron chi connectivity index (χ0n) is 13.4. The van der Waals surface area contributed by atoms with Crippen LogP contribution in [-0.2, 0) is 9.53 Å². The molecule has 0 aliphatic carbocycles. The second-order valence-corrected chi connectivity index (χ2v) is 7.23. The largest absolute Gasteiger partial charge is 0.375 e. The highest BCUT2D eigenvalue weighted by atomic mass is 16.5. The fourth-order valence-corrected chi connectivity index (χ4v) is 4.07. The zero-order valence-corrected chi connectivity index (χ0v) is 13.4. The van der Waals surface area contributed by atoms with Crippen molar-refractivity contribution >= 4 is 5.91 Å². The third-order valence-corrected chi connectivity index (χ3v) is 5.15. The molecule has 0 aromatic carbocycles. The third kappa shape index (κ3) is 3.41. The van der Waals surface area contributed by atoms with E-state index in [0.717, 1.165) is 65.0 Å². The molecule has 3 saturated heterocycles. The molecule has 3 aliphatic heterocycles. The molecule has 0 aromatic heterocycles. The Morgan fingerprint density at radius 1 is 1.19 bits per heavy atom. The SMILES string of the molecule is CC1(C)CC(N2CCCC2C(=O)N2CCNCC2)CCO1. The van der Waals surface area contributed by atoms with E-state index in [2.05, 4.69) is 29.0 Å². The summed E-state index contributed by atoms with van der Waals surface area (Å²) < 4.78 is 5.84. The fraction of sp³-hybridized carbons (Fsp3) is 0.938. The van der Waals surface area contributed by atoms with Gasteiger partial charge in [-0.25, -0.2) is 0 Å². The Hall–Kier alpha value is -0.650. The number of ether oxygens (including phenoxy) is 1. The summed E-state index contributed by atoms with van der Waals surface area (Å²) in [6, 6.07) is 0.620. The number of carbonyl (C=O) groups is 1. The quantitative estimate of drug-likeness (QED) is 0.820. The van der Waals surface area contributed by atoms with Gasteiger partial charge >= 0.3 is 0 Å². The summed E-state index contributed by atoms with van der Waals surface area (Å²) in [6.45, 7) is 9.83. The highest BCUT2D eigenvalue weighted by Crippen LogP contribution is 2.32. The number of amides is 1. The number of hydrogen-bond donors (Lipinski definition) is 1. The van der Waals surface area contributed by atoms with Crippen LogP contribution in [0.4, 0.5) is 0 Å². The van der Waals surface area contributed by atoms with Crippen LogP contribution < -0.4 is 5.32 Å². The molecule has 3 fully saturated rings. The van der Waals surface area contributed by atoms with Crippen LogP contribution in [0.25, 0.3) is 0 Å². The number of carbonyl (C=O) groups excluding carboxylic acids is 1. The lowest BCUT2D eigenvalue weighted by Crippen LogP contribution is -2.55. The van der Waals surface area contributed by atoms with Gasteiger partial charge in [0.15, 0.2) is 0 Å². The zero-order chi connectivity index (χ0) is 14.9. The molecule has 2 unspecified atom stereocenters. The minimum atomic E-state index is -0.0475. The minimum absolute atomic E-state index is 0.0475. The number of likely N-dealkylation sites (tertiary alicyclic amines) is 1. The van der Waals surface area contributed by atoms with Crippen LogP contribution in [0, 0.1) is 0 Å². The molecule has 0 spiro atoms. The molecule has 5 nitrogen and oxygen atoms in total. The maximum Gasteiger partial charge on any atom is 0.240 e. The van der Waals surface area contributed by atoms with E-state index in [9.17, 15) is 4.79 Å². The summed E-state index contributed by atoms with van der Waals surface area (Å²) >= 11 is 0. The van der Waals surface area contributed by atoms with E-state index in [1.807, 2.05) is 0 Å². The molecule has 0 radical (unpaired) electrons. The second kappa shape index (κ2) is 6.23. The topological polar surface area (TPSA) is 44.8 Å². The highest BCUT2D eigenvalue weighted by molar-refractivity contribution is 5.82. The Balaban J connectivity index is 1.65. The van der Waals surface area contributed by atoms with Crippen molar-refractivity contribution < 1.29 is 9.53 Å². The number of nitrogens with one attached hydrogen (secondary N) is 1. The Kier molecular flexibility index (Phi) is 4.52. The van der Waals surface area contributed by atoms with Crippen molar-refractivity contribution in [3.63, 3.8) is 0 Å². The van der Waals surface area contributed by atoms with Crippen LogP contribution in [0.5, 0.6) is 0 Å². The number of nitrogens with zero attached hydrogens (tertiary/aromatic N) is 2. The van der Waals surface area contributed by atoms with Crippen molar-refractivity contribution in [3.05, 3.63) is 0 Å². The molecule has 3 rings (SSSR count). The molecule has 0 saturated carbocycles. The second-order valence-electron chi connectivity index (χ2n) is 7.23. The van der Waals surface area contributed by atoms with Gasteiger partial charge < -0.3 is 15.0 Å². The van der Waals surface area contributed by atoms with Crippen molar-refractivity contribution in [1.29, 1.82) is 0 Å². The monoisotopic (exact) mass is 295 g/mol. The summed E-state index contributed by atoms with van der Waals surface area (Å²) in [5.41, 5.74) is -0.0475. The Morgan fingerprint density at radius 3 is 2.67 bits per heavy atom. The minimum Gasteiger partial charge on any atom is -0.375 e. The van der Waals surface area contributed by atoms with Gasteiger partial charge in [0, 0.05) is 38.8 Å². The first-order valence-electron chi connectivity index (χ1n) is 8.46. The summed E-state index contributed by atoms with van der Waals surface area (Å²) in [6.07, 6.45) is 4.29.